The van der Waals surface area contributed by atoms with Crippen molar-refractivity contribution in [1.29, 1.82) is 0 Å². The van der Waals surface area contributed by atoms with Gasteiger partial charge in [-0.05, 0) is 0 Å². The second-order valence-electron chi connectivity index (χ2n) is 15.5. The van der Waals surface area contributed by atoms with E-state index in [-0.39, 0.29) is 0 Å². The smallest absolute Gasteiger partial charge is 0.0343 e. The molecule has 0 heterocycles. The first-order valence-electron chi connectivity index (χ1n) is 11.2. The molecule has 0 nitrogen and oxygen atoms in total. The Kier molecular flexibility index (Phi) is 8.20. The Hall–Kier alpha value is 1.74. The van der Waals surface area contributed by atoms with Gasteiger partial charge >= 0.3 is 0 Å². The van der Waals surface area contributed by atoms with Crippen LogP contribution in [0.25, 0.3) is 0 Å². The van der Waals surface area contributed by atoms with E-state index in [9.17, 15) is 0 Å². The van der Waals surface area contributed by atoms with Crippen LogP contribution < -0.4 is 0 Å². The summed E-state index contributed by atoms with van der Waals surface area (Å²) < 4.78 is 0. The Bertz CT molecular complexity index is 393. The van der Waals surface area contributed by atoms with Crippen LogP contribution in [-0.4, -0.2) is 58.8 Å². The lowest BCUT2D eigenvalue weighted by Gasteiger charge is -2.67. The number of hydrogen-bond acceptors (Lipinski definition) is 0. The predicted molar refractivity (Wildman–Crippen MR) is 156 cm³/mol. The van der Waals surface area contributed by atoms with Crippen molar-refractivity contribution in [3.63, 3.8) is 0 Å². The van der Waals surface area contributed by atoms with Gasteiger partial charge in [0.2, 0.25) is 0 Å². The Morgan fingerprint density at radius 2 is 0.370 bits per heavy atom. The van der Waals surface area contributed by atoms with Gasteiger partial charge in [0.25, 0.3) is 0 Å². The first-order chi connectivity index (χ1) is 11.2. The standard InChI is InChI=1S/C19H56Si8/c1-20(2,3)26(21(4,5)6,22(7,8)9)19-27(23(10,11)12,24(13,14)15)25(16,17)18/h19H2,1-18H3. The molecule has 0 rings (SSSR count). The van der Waals surface area contributed by atoms with Gasteiger partial charge in [-0.1, -0.05) is 124 Å². The third-order valence-corrected chi connectivity index (χ3v) is 164. The van der Waals surface area contributed by atoms with Gasteiger partial charge in [-0.3, -0.25) is 0 Å². The minimum Gasteiger partial charge on any atom is -0.0719 e. The minimum atomic E-state index is -1.28. The molecule has 0 amide bonds. The average Bonchev–Trinajstić information content (AvgIpc) is 2.16. The number of rotatable bonds is 8. The van der Waals surface area contributed by atoms with Gasteiger partial charge in [-0.2, -0.15) is 0 Å². The highest BCUT2D eigenvalue weighted by atomic mass is 30.0. The fourth-order valence-electron chi connectivity index (χ4n) is 8.74. The van der Waals surface area contributed by atoms with Crippen molar-refractivity contribution in [2.75, 3.05) is 0 Å². The molecule has 0 atom stereocenters. The van der Waals surface area contributed by atoms with E-state index in [0.29, 0.717) is 0 Å². The summed E-state index contributed by atoms with van der Waals surface area (Å²) in [6.45, 7) is 48.3. The summed E-state index contributed by atoms with van der Waals surface area (Å²) in [5.41, 5.74) is 1.88. The zero-order valence-electron chi connectivity index (χ0n) is 22.7. The van der Waals surface area contributed by atoms with E-state index in [1.165, 1.54) is 0 Å². The molecule has 0 unspecified atom stereocenters. The van der Waals surface area contributed by atoms with Gasteiger partial charge in [0.15, 0.2) is 0 Å². The molecule has 0 aromatic rings. The lowest BCUT2D eigenvalue weighted by molar-refractivity contribution is 1.63. The van der Waals surface area contributed by atoms with Crippen LogP contribution in [0.3, 0.4) is 0 Å². The summed E-state index contributed by atoms with van der Waals surface area (Å²) in [6, 6.07) is 0. The monoisotopic (exact) mass is 508 g/mol. The van der Waals surface area contributed by atoms with Crippen LogP contribution in [-0.2, 0) is 0 Å². The summed E-state index contributed by atoms with van der Waals surface area (Å²) in [7, 11) is -7.14. The number of hydrogen-bond donors (Lipinski definition) is 0. The quantitative estimate of drug-likeness (QED) is 0.292. The summed E-state index contributed by atoms with van der Waals surface area (Å²) in [5, 5.41) is 0. The van der Waals surface area contributed by atoms with Crippen LogP contribution in [0.4, 0.5) is 0 Å². The normalized spacial score (nSPS) is 16.7. The molecular weight excluding hydrogens is 453 g/mol. The van der Waals surface area contributed by atoms with Gasteiger partial charge in [0.1, 0.15) is 0 Å². The molecule has 0 aliphatic rings. The second kappa shape index (κ2) is 7.70. The van der Waals surface area contributed by atoms with Crippen LogP contribution in [0.1, 0.15) is 0 Å². The highest BCUT2D eigenvalue weighted by Crippen LogP contribution is 2.49. The highest BCUT2D eigenvalue weighted by Gasteiger charge is 2.70. The molecule has 0 saturated heterocycles. The molecule has 0 bridgehead atoms. The average molecular weight is 509 g/mol. The summed E-state index contributed by atoms with van der Waals surface area (Å²) in [6.07, 6.45) is 0. The van der Waals surface area contributed by atoms with E-state index in [4.69, 9.17) is 0 Å². The molecular formula is C19H56Si8. The Labute approximate surface area is 181 Å². The molecule has 0 N–H and O–H groups in total. The first kappa shape index (κ1) is 28.7. The molecule has 0 aromatic carbocycles. The lowest BCUT2D eigenvalue weighted by Crippen LogP contribution is -2.92. The van der Waals surface area contributed by atoms with Gasteiger partial charge in [0.05, 0.1) is 0 Å². The van der Waals surface area contributed by atoms with Crippen molar-refractivity contribution in [1.82, 2.24) is 0 Å². The Morgan fingerprint density at radius 3 is 0.444 bits per heavy atom. The fourth-order valence-corrected chi connectivity index (χ4v) is 257. The summed E-state index contributed by atoms with van der Waals surface area (Å²) in [4.78, 5) is 0. The van der Waals surface area contributed by atoms with E-state index in [1.807, 2.05) is 5.67 Å². The van der Waals surface area contributed by atoms with Gasteiger partial charge in [0, 0.05) is 58.8 Å². The summed E-state index contributed by atoms with van der Waals surface area (Å²) in [5.74, 6) is 0. The third kappa shape index (κ3) is 4.82. The molecule has 0 aromatic heterocycles. The zero-order valence-corrected chi connectivity index (χ0v) is 30.7. The Morgan fingerprint density at radius 1 is 0.259 bits per heavy atom. The van der Waals surface area contributed by atoms with E-state index in [2.05, 4.69) is 118 Å². The van der Waals surface area contributed by atoms with E-state index >= 15 is 0 Å². The van der Waals surface area contributed by atoms with Crippen LogP contribution in [0.5, 0.6) is 0 Å². The SMILES string of the molecule is C[Si](C)(C)[Si](C[Si]([Si](C)(C)C)([Si](C)(C)C)[Si](C)(C)C)([Si](C)(C)C)[Si](C)(C)C. The first-order valence-corrected chi connectivity index (χ1v) is 42.6. The maximum Gasteiger partial charge on any atom is 0.0343 e. The van der Waals surface area contributed by atoms with Crippen molar-refractivity contribution in [3.05, 3.63) is 0 Å². The van der Waals surface area contributed by atoms with E-state index in [0.717, 1.165) is 0 Å². The van der Waals surface area contributed by atoms with Crippen molar-refractivity contribution < 1.29 is 0 Å². The van der Waals surface area contributed by atoms with E-state index < -0.39 is 58.8 Å². The Balaban J connectivity index is 7.45. The van der Waals surface area contributed by atoms with Crippen molar-refractivity contribution in [2.24, 2.45) is 0 Å². The molecule has 8 heteroatoms. The second-order valence-corrected chi connectivity index (χ2v) is 98.9. The molecule has 27 heavy (non-hydrogen) atoms. The maximum atomic E-state index is 2.83. The van der Waals surface area contributed by atoms with Crippen molar-refractivity contribution >= 4 is 58.8 Å². The van der Waals surface area contributed by atoms with Gasteiger partial charge < -0.3 is 0 Å². The molecule has 0 spiro atoms. The minimum absolute atomic E-state index is 1.19. The molecule has 0 radical (unpaired) electrons. The zero-order chi connectivity index (χ0) is 22.7. The lowest BCUT2D eigenvalue weighted by atomic mass is 11.8. The largest absolute Gasteiger partial charge is 0.0719 e. The molecule has 164 valence electrons. The molecule has 0 aliphatic heterocycles. The van der Waals surface area contributed by atoms with Crippen molar-refractivity contribution in [3.8, 4) is 0 Å². The van der Waals surface area contributed by atoms with Gasteiger partial charge in [-0.15, -0.1) is 0 Å². The van der Waals surface area contributed by atoms with Crippen LogP contribution in [0.2, 0.25) is 124 Å². The van der Waals surface area contributed by atoms with E-state index in [1.54, 1.807) is 0 Å². The predicted octanol–water partition coefficient (Wildman–Crippen LogP) is 7.92. The van der Waals surface area contributed by atoms with Crippen LogP contribution in [0.15, 0.2) is 0 Å². The molecule has 0 fully saturated rings. The molecule has 0 aliphatic carbocycles. The van der Waals surface area contributed by atoms with Crippen LogP contribution >= 0.6 is 0 Å². The van der Waals surface area contributed by atoms with Gasteiger partial charge in [-0.25, -0.2) is 0 Å². The highest BCUT2D eigenvalue weighted by molar-refractivity contribution is 7.97. The summed E-state index contributed by atoms with van der Waals surface area (Å²) >= 11 is 0. The fraction of sp³-hybridized carbons (Fsp3) is 1.00. The third-order valence-electron chi connectivity index (χ3n) is 8.21. The van der Waals surface area contributed by atoms with Crippen molar-refractivity contribution in [2.45, 2.75) is 124 Å². The molecule has 0 saturated carbocycles. The van der Waals surface area contributed by atoms with Crippen LogP contribution in [0, 0.1) is 0 Å². The maximum absolute atomic E-state index is 2.83. The topological polar surface area (TPSA) is 0 Å².